The molecule has 0 spiro atoms. The van der Waals surface area contributed by atoms with Crippen LogP contribution in [-0.2, 0) is 5.75 Å². The average Bonchev–Trinajstić information content (AvgIpc) is 2.25. The fourth-order valence-corrected chi connectivity index (χ4v) is 2.74. The topological polar surface area (TPSA) is 28.7 Å². The predicted octanol–water partition coefficient (Wildman–Crippen LogP) is 4.05. The molecule has 0 amide bonds. The van der Waals surface area contributed by atoms with Crippen molar-refractivity contribution in [1.29, 1.82) is 0 Å². The quantitative estimate of drug-likeness (QED) is 0.668. The molecule has 0 saturated heterocycles. The van der Waals surface area contributed by atoms with E-state index in [0.29, 0.717) is 4.64 Å². The molecule has 17 heavy (non-hydrogen) atoms. The molecule has 0 radical (unpaired) electrons. The molecule has 2 rings (SSSR count). The predicted molar refractivity (Wildman–Crippen MR) is 74.9 cm³/mol. The Morgan fingerprint density at radius 2 is 2.12 bits per heavy atom. The van der Waals surface area contributed by atoms with Crippen molar-refractivity contribution in [2.75, 3.05) is 0 Å². The van der Waals surface area contributed by atoms with E-state index in [1.165, 1.54) is 10.5 Å². The number of aromatic nitrogens is 2. The van der Waals surface area contributed by atoms with Gasteiger partial charge in [0.25, 0.3) is 0 Å². The summed E-state index contributed by atoms with van der Waals surface area (Å²) in [6.45, 7) is 4.10. The van der Waals surface area contributed by atoms with Crippen LogP contribution in [0.25, 0.3) is 0 Å². The fourth-order valence-electron chi connectivity index (χ4n) is 1.57. The molecule has 1 heterocycles. The first-order valence-electron chi connectivity index (χ1n) is 5.40. The molecular weight excluding hydrogens is 248 g/mol. The van der Waals surface area contributed by atoms with Crippen molar-refractivity contribution in [3.8, 4) is 0 Å². The van der Waals surface area contributed by atoms with Gasteiger partial charge in [0.15, 0.2) is 0 Å². The number of aryl methyl sites for hydroxylation is 2. The number of aromatic amines is 1. The highest BCUT2D eigenvalue weighted by Crippen LogP contribution is 2.21. The zero-order chi connectivity index (χ0) is 12.3. The third kappa shape index (κ3) is 3.68. The van der Waals surface area contributed by atoms with Crippen LogP contribution >= 0.6 is 24.0 Å². The van der Waals surface area contributed by atoms with Crippen LogP contribution in [0, 0.1) is 18.5 Å². The molecule has 4 heteroatoms. The van der Waals surface area contributed by atoms with E-state index < -0.39 is 0 Å². The molecule has 0 saturated carbocycles. The minimum absolute atomic E-state index is 0.654. The van der Waals surface area contributed by atoms with Gasteiger partial charge >= 0.3 is 0 Å². The molecule has 2 nitrogen and oxygen atoms in total. The SMILES string of the molecule is Cc1cccc(SCc2nc(=S)cc(C)[nH]2)c1. The van der Waals surface area contributed by atoms with E-state index in [0.717, 1.165) is 17.3 Å². The number of hydrogen-bond donors (Lipinski definition) is 1. The van der Waals surface area contributed by atoms with Gasteiger partial charge in [-0.1, -0.05) is 29.9 Å². The molecule has 0 fully saturated rings. The third-order valence-corrected chi connectivity index (χ3v) is 3.51. The summed E-state index contributed by atoms with van der Waals surface area (Å²) in [5.41, 5.74) is 2.34. The Kier molecular flexibility index (Phi) is 3.97. The van der Waals surface area contributed by atoms with Crippen molar-refractivity contribution >= 4 is 24.0 Å². The van der Waals surface area contributed by atoms with Crippen LogP contribution in [0.15, 0.2) is 35.2 Å². The lowest BCUT2D eigenvalue weighted by molar-refractivity contribution is 0.986. The van der Waals surface area contributed by atoms with E-state index >= 15 is 0 Å². The zero-order valence-electron chi connectivity index (χ0n) is 9.86. The Bertz CT molecular complexity index is 576. The Hall–Kier alpha value is -1.13. The molecule has 2 aromatic rings. The first kappa shape index (κ1) is 12.3. The summed E-state index contributed by atoms with van der Waals surface area (Å²) in [4.78, 5) is 8.80. The van der Waals surface area contributed by atoms with E-state index in [-0.39, 0.29) is 0 Å². The van der Waals surface area contributed by atoms with E-state index in [1.54, 1.807) is 11.8 Å². The summed E-state index contributed by atoms with van der Waals surface area (Å²) in [5.74, 6) is 1.75. The van der Waals surface area contributed by atoms with Gasteiger partial charge in [-0.25, -0.2) is 4.98 Å². The second-order valence-electron chi connectivity index (χ2n) is 3.95. The first-order chi connectivity index (χ1) is 8.13. The summed E-state index contributed by atoms with van der Waals surface area (Å²) in [6.07, 6.45) is 0. The minimum Gasteiger partial charge on any atom is -0.347 e. The Balaban J connectivity index is 2.09. The third-order valence-electron chi connectivity index (χ3n) is 2.29. The molecule has 88 valence electrons. The van der Waals surface area contributed by atoms with Crippen LogP contribution in [0.5, 0.6) is 0 Å². The van der Waals surface area contributed by atoms with Gasteiger partial charge in [0.05, 0.1) is 5.75 Å². The van der Waals surface area contributed by atoms with Gasteiger partial charge in [0.1, 0.15) is 10.5 Å². The Morgan fingerprint density at radius 3 is 2.82 bits per heavy atom. The maximum absolute atomic E-state index is 5.10. The van der Waals surface area contributed by atoms with Gasteiger partial charge < -0.3 is 4.98 Å². The van der Waals surface area contributed by atoms with Crippen LogP contribution in [0.3, 0.4) is 0 Å². The van der Waals surface area contributed by atoms with Crippen LogP contribution in [0.1, 0.15) is 17.1 Å². The molecule has 0 bridgehead atoms. The summed E-state index contributed by atoms with van der Waals surface area (Å²) in [6, 6.07) is 10.3. The number of H-pyrrole nitrogens is 1. The van der Waals surface area contributed by atoms with Gasteiger partial charge in [-0.15, -0.1) is 11.8 Å². The molecular formula is C13H14N2S2. The first-order valence-corrected chi connectivity index (χ1v) is 6.79. The van der Waals surface area contributed by atoms with Crippen LogP contribution in [0.4, 0.5) is 0 Å². The molecule has 1 N–H and O–H groups in total. The monoisotopic (exact) mass is 262 g/mol. The average molecular weight is 262 g/mol. The van der Waals surface area contributed by atoms with Crippen molar-refractivity contribution in [3.05, 3.63) is 52.1 Å². The molecule has 1 aromatic carbocycles. The highest BCUT2D eigenvalue weighted by Gasteiger charge is 1.99. The number of thioether (sulfide) groups is 1. The molecule has 1 aromatic heterocycles. The van der Waals surface area contributed by atoms with Gasteiger partial charge in [-0.05, 0) is 32.0 Å². The lowest BCUT2D eigenvalue weighted by Gasteiger charge is -2.03. The van der Waals surface area contributed by atoms with E-state index in [4.69, 9.17) is 12.2 Å². The van der Waals surface area contributed by atoms with Crippen LogP contribution in [0.2, 0.25) is 0 Å². The number of nitrogens with zero attached hydrogens (tertiary/aromatic N) is 1. The van der Waals surface area contributed by atoms with Crippen LogP contribution < -0.4 is 0 Å². The summed E-state index contributed by atoms with van der Waals surface area (Å²) in [7, 11) is 0. The smallest absolute Gasteiger partial charge is 0.130 e. The van der Waals surface area contributed by atoms with E-state index in [1.807, 2.05) is 13.0 Å². The van der Waals surface area contributed by atoms with E-state index in [9.17, 15) is 0 Å². The molecule has 0 aliphatic heterocycles. The van der Waals surface area contributed by atoms with Gasteiger partial charge in [0, 0.05) is 10.6 Å². The van der Waals surface area contributed by atoms with Gasteiger partial charge in [-0.2, -0.15) is 0 Å². The molecule has 0 unspecified atom stereocenters. The maximum Gasteiger partial charge on any atom is 0.130 e. The highest BCUT2D eigenvalue weighted by atomic mass is 32.2. The highest BCUT2D eigenvalue weighted by molar-refractivity contribution is 7.98. The summed E-state index contributed by atoms with van der Waals surface area (Å²) >= 11 is 6.86. The largest absolute Gasteiger partial charge is 0.347 e. The number of nitrogens with one attached hydrogen (secondary N) is 1. The lowest BCUT2D eigenvalue weighted by Crippen LogP contribution is -1.94. The summed E-state index contributed by atoms with van der Waals surface area (Å²) in [5, 5.41) is 0. The van der Waals surface area contributed by atoms with Crippen molar-refractivity contribution in [2.24, 2.45) is 0 Å². The standard InChI is InChI=1S/C13H14N2S2/c1-9-4-3-5-11(6-9)17-8-12-14-10(2)7-13(16)15-12/h3-7H,8H2,1-2H3,(H,14,15,16). The minimum atomic E-state index is 0.654. The lowest BCUT2D eigenvalue weighted by atomic mass is 10.2. The van der Waals surface area contributed by atoms with Crippen LogP contribution in [-0.4, -0.2) is 9.97 Å². The van der Waals surface area contributed by atoms with E-state index in [2.05, 4.69) is 41.2 Å². The normalized spacial score (nSPS) is 10.5. The second kappa shape index (κ2) is 5.47. The van der Waals surface area contributed by atoms with Gasteiger partial charge in [0.2, 0.25) is 0 Å². The molecule has 0 aliphatic carbocycles. The van der Waals surface area contributed by atoms with Crippen molar-refractivity contribution in [2.45, 2.75) is 24.5 Å². The number of rotatable bonds is 3. The van der Waals surface area contributed by atoms with Crippen molar-refractivity contribution < 1.29 is 0 Å². The van der Waals surface area contributed by atoms with Gasteiger partial charge in [-0.3, -0.25) is 0 Å². The van der Waals surface area contributed by atoms with Crippen molar-refractivity contribution in [1.82, 2.24) is 9.97 Å². The second-order valence-corrected chi connectivity index (χ2v) is 5.42. The number of hydrogen-bond acceptors (Lipinski definition) is 3. The number of benzene rings is 1. The Morgan fingerprint density at radius 1 is 1.29 bits per heavy atom. The van der Waals surface area contributed by atoms with Crippen molar-refractivity contribution in [3.63, 3.8) is 0 Å². The maximum atomic E-state index is 5.10. The zero-order valence-corrected chi connectivity index (χ0v) is 11.5. The molecule has 0 atom stereocenters. The summed E-state index contributed by atoms with van der Waals surface area (Å²) < 4.78 is 0.654. The molecule has 0 aliphatic rings. The fraction of sp³-hybridized carbons (Fsp3) is 0.231. The Labute approximate surface area is 111 Å².